The van der Waals surface area contributed by atoms with E-state index in [0.29, 0.717) is 16.9 Å². The minimum Gasteiger partial charge on any atom is -0.397 e. The van der Waals surface area contributed by atoms with E-state index in [0.717, 1.165) is 19.3 Å². The molecule has 1 rings (SSSR count). The third-order valence-electron chi connectivity index (χ3n) is 2.82. The molecule has 1 atom stereocenters. The Labute approximate surface area is 103 Å². The molecule has 1 heterocycles. The molecule has 0 aliphatic heterocycles. The highest BCUT2D eigenvalue weighted by Crippen LogP contribution is 2.11. The first-order valence-electron chi connectivity index (χ1n) is 6.11. The molecule has 94 valence electrons. The van der Waals surface area contributed by atoms with Crippen LogP contribution in [0, 0.1) is 6.92 Å². The number of hydrogen-bond acceptors (Lipinski definition) is 3. The summed E-state index contributed by atoms with van der Waals surface area (Å²) >= 11 is 0. The van der Waals surface area contributed by atoms with Crippen LogP contribution < -0.4 is 11.1 Å². The number of pyridine rings is 1. The molecule has 0 radical (unpaired) electrons. The first-order chi connectivity index (χ1) is 8.08. The van der Waals surface area contributed by atoms with Crippen LogP contribution in [0.4, 0.5) is 5.69 Å². The van der Waals surface area contributed by atoms with Gasteiger partial charge in [0.15, 0.2) is 0 Å². The van der Waals surface area contributed by atoms with Crippen molar-refractivity contribution in [2.45, 2.75) is 46.1 Å². The van der Waals surface area contributed by atoms with Crippen LogP contribution in [0.25, 0.3) is 0 Å². The average Bonchev–Trinajstić information content (AvgIpc) is 2.31. The van der Waals surface area contributed by atoms with E-state index in [2.05, 4.69) is 24.1 Å². The monoisotopic (exact) mass is 235 g/mol. The summed E-state index contributed by atoms with van der Waals surface area (Å²) in [6.07, 6.45) is 4.56. The van der Waals surface area contributed by atoms with Crippen molar-refractivity contribution >= 4 is 11.6 Å². The number of nitrogens with one attached hydrogen (secondary N) is 1. The summed E-state index contributed by atoms with van der Waals surface area (Å²) in [7, 11) is 0. The summed E-state index contributed by atoms with van der Waals surface area (Å²) < 4.78 is 0. The zero-order chi connectivity index (χ0) is 12.8. The highest BCUT2D eigenvalue weighted by atomic mass is 16.1. The maximum atomic E-state index is 12.1. The molecule has 1 aromatic rings. The number of nitrogens with two attached hydrogens (primary N) is 1. The SMILES string of the molecule is CCCC(CC)NC(=O)c1cc(N)cnc1C. The Kier molecular flexibility index (Phi) is 4.94. The molecule has 0 aromatic carbocycles. The van der Waals surface area contributed by atoms with E-state index >= 15 is 0 Å². The number of nitrogens with zero attached hydrogens (tertiary/aromatic N) is 1. The van der Waals surface area contributed by atoms with Crippen molar-refractivity contribution in [2.75, 3.05) is 5.73 Å². The highest BCUT2D eigenvalue weighted by molar-refractivity contribution is 5.96. The zero-order valence-electron chi connectivity index (χ0n) is 10.8. The Hall–Kier alpha value is -1.58. The maximum absolute atomic E-state index is 12.1. The molecular weight excluding hydrogens is 214 g/mol. The van der Waals surface area contributed by atoms with Gasteiger partial charge >= 0.3 is 0 Å². The quantitative estimate of drug-likeness (QED) is 0.822. The molecule has 1 aromatic heterocycles. The van der Waals surface area contributed by atoms with Gasteiger partial charge in [0, 0.05) is 6.04 Å². The predicted octanol–water partition coefficient (Wildman–Crippen LogP) is 2.28. The van der Waals surface area contributed by atoms with Gasteiger partial charge in [-0.1, -0.05) is 20.3 Å². The van der Waals surface area contributed by atoms with Crippen molar-refractivity contribution in [3.63, 3.8) is 0 Å². The first kappa shape index (κ1) is 13.5. The van der Waals surface area contributed by atoms with Crippen molar-refractivity contribution in [3.8, 4) is 0 Å². The van der Waals surface area contributed by atoms with Crippen LogP contribution in [0.5, 0.6) is 0 Å². The molecule has 3 N–H and O–H groups in total. The van der Waals surface area contributed by atoms with Gasteiger partial charge in [0.2, 0.25) is 0 Å². The lowest BCUT2D eigenvalue weighted by Crippen LogP contribution is -2.34. The zero-order valence-corrected chi connectivity index (χ0v) is 10.8. The normalized spacial score (nSPS) is 12.2. The lowest BCUT2D eigenvalue weighted by Gasteiger charge is -2.16. The number of anilines is 1. The van der Waals surface area contributed by atoms with E-state index in [1.165, 1.54) is 0 Å². The second kappa shape index (κ2) is 6.23. The van der Waals surface area contributed by atoms with Crippen LogP contribution in [-0.4, -0.2) is 16.9 Å². The average molecular weight is 235 g/mol. The van der Waals surface area contributed by atoms with Crippen LogP contribution >= 0.6 is 0 Å². The topological polar surface area (TPSA) is 68.0 Å². The molecule has 1 unspecified atom stereocenters. The van der Waals surface area contributed by atoms with Gasteiger partial charge in [0.25, 0.3) is 5.91 Å². The minimum atomic E-state index is -0.0809. The van der Waals surface area contributed by atoms with E-state index in [9.17, 15) is 4.79 Å². The Morgan fingerprint density at radius 2 is 2.24 bits per heavy atom. The molecule has 0 bridgehead atoms. The predicted molar refractivity (Wildman–Crippen MR) is 69.8 cm³/mol. The molecule has 0 saturated heterocycles. The fourth-order valence-electron chi connectivity index (χ4n) is 1.77. The summed E-state index contributed by atoms with van der Waals surface area (Å²) in [5, 5.41) is 3.02. The second-order valence-corrected chi connectivity index (χ2v) is 4.27. The number of amides is 1. The standard InChI is InChI=1S/C13H21N3O/c1-4-6-11(5-2)16-13(17)12-7-10(14)8-15-9(12)3/h7-8,11H,4-6,14H2,1-3H3,(H,16,17). The van der Waals surface area contributed by atoms with Crippen LogP contribution in [0.1, 0.15) is 49.2 Å². The molecular formula is C13H21N3O. The summed E-state index contributed by atoms with van der Waals surface area (Å²) in [5.74, 6) is -0.0809. The van der Waals surface area contributed by atoms with Crippen molar-refractivity contribution < 1.29 is 4.79 Å². The van der Waals surface area contributed by atoms with Gasteiger partial charge in [-0.05, 0) is 25.8 Å². The molecule has 0 aliphatic rings. The number of carbonyl (C=O) groups excluding carboxylic acids is 1. The first-order valence-corrected chi connectivity index (χ1v) is 6.11. The number of rotatable bonds is 5. The third-order valence-corrected chi connectivity index (χ3v) is 2.82. The maximum Gasteiger partial charge on any atom is 0.253 e. The summed E-state index contributed by atoms with van der Waals surface area (Å²) in [6.45, 7) is 6.00. The van der Waals surface area contributed by atoms with E-state index in [1.54, 1.807) is 12.3 Å². The minimum absolute atomic E-state index is 0.0809. The molecule has 17 heavy (non-hydrogen) atoms. The van der Waals surface area contributed by atoms with Crippen LogP contribution in [0.15, 0.2) is 12.3 Å². The molecule has 4 nitrogen and oxygen atoms in total. The fourth-order valence-corrected chi connectivity index (χ4v) is 1.77. The lowest BCUT2D eigenvalue weighted by molar-refractivity contribution is 0.0932. The highest BCUT2D eigenvalue weighted by Gasteiger charge is 2.14. The Balaban J connectivity index is 2.78. The summed E-state index contributed by atoms with van der Waals surface area (Å²) in [5.41, 5.74) is 7.44. The van der Waals surface area contributed by atoms with Crippen molar-refractivity contribution in [3.05, 3.63) is 23.5 Å². The molecule has 4 heteroatoms. The largest absolute Gasteiger partial charge is 0.397 e. The molecule has 0 saturated carbocycles. The molecule has 0 aliphatic carbocycles. The van der Waals surface area contributed by atoms with Crippen molar-refractivity contribution in [1.29, 1.82) is 0 Å². The molecule has 0 fully saturated rings. The summed E-state index contributed by atoms with van der Waals surface area (Å²) in [4.78, 5) is 16.1. The Bertz CT molecular complexity index is 390. The lowest BCUT2D eigenvalue weighted by atomic mass is 10.1. The number of hydrogen-bond donors (Lipinski definition) is 2. The van der Waals surface area contributed by atoms with E-state index in [-0.39, 0.29) is 11.9 Å². The van der Waals surface area contributed by atoms with Gasteiger partial charge in [-0.3, -0.25) is 9.78 Å². The number of aromatic nitrogens is 1. The van der Waals surface area contributed by atoms with Crippen molar-refractivity contribution in [2.24, 2.45) is 0 Å². The van der Waals surface area contributed by atoms with Crippen molar-refractivity contribution in [1.82, 2.24) is 10.3 Å². The van der Waals surface area contributed by atoms with Crippen LogP contribution in [-0.2, 0) is 0 Å². The van der Waals surface area contributed by atoms with Gasteiger partial charge in [0.05, 0.1) is 23.1 Å². The number of aryl methyl sites for hydroxylation is 1. The third kappa shape index (κ3) is 3.73. The number of nitrogen functional groups attached to an aromatic ring is 1. The van der Waals surface area contributed by atoms with Crippen LogP contribution in [0.2, 0.25) is 0 Å². The smallest absolute Gasteiger partial charge is 0.253 e. The number of carbonyl (C=O) groups is 1. The summed E-state index contributed by atoms with van der Waals surface area (Å²) in [6, 6.07) is 1.91. The van der Waals surface area contributed by atoms with E-state index < -0.39 is 0 Å². The van der Waals surface area contributed by atoms with E-state index in [4.69, 9.17) is 5.73 Å². The molecule has 1 amide bonds. The van der Waals surface area contributed by atoms with Gasteiger partial charge < -0.3 is 11.1 Å². The van der Waals surface area contributed by atoms with E-state index in [1.807, 2.05) is 6.92 Å². The van der Waals surface area contributed by atoms with Gasteiger partial charge in [-0.25, -0.2) is 0 Å². The molecule has 0 spiro atoms. The Morgan fingerprint density at radius 1 is 1.53 bits per heavy atom. The van der Waals surface area contributed by atoms with Crippen LogP contribution in [0.3, 0.4) is 0 Å². The fraction of sp³-hybridized carbons (Fsp3) is 0.538. The van der Waals surface area contributed by atoms with Gasteiger partial charge in [-0.2, -0.15) is 0 Å². The second-order valence-electron chi connectivity index (χ2n) is 4.27. The van der Waals surface area contributed by atoms with Gasteiger partial charge in [-0.15, -0.1) is 0 Å². The van der Waals surface area contributed by atoms with Gasteiger partial charge in [0.1, 0.15) is 0 Å². The Morgan fingerprint density at radius 3 is 2.82 bits per heavy atom.